The molecule has 0 spiro atoms. The number of benzene rings is 3. The number of carbonyl (C=O) groups excluding carboxylic acids is 1. The second-order valence-corrected chi connectivity index (χ2v) is 14.5. The van der Waals surface area contributed by atoms with Gasteiger partial charge in [0.25, 0.3) is 10.0 Å². The predicted octanol–water partition coefficient (Wildman–Crippen LogP) is 8.29. The van der Waals surface area contributed by atoms with Gasteiger partial charge in [-0.3, -0.25) is 0 Å². The summed E-state index contributed by atoms with van der Waals surface area (Å²) in [5.41, 5.74) is 0.910. The van der Waals surface area contributed by atoms with Crippen molar-refractivity contribution in [2.24, 2.45) is 4.99 Å². The molecule has 2 heterocycles. The number of hydrogen-bond acceptors (Lipinski definition) is 9. The summed E-state index contributed by atoms with van der Waals surface area (Å²) in [6.07, 6.45) is 14.4. The Morgan fingerprint density at radius 1 is 0.843 bits per heavy atom. The van der Waals surface area contributed by atoms with Crippen LogP contribution in [0.3, 0.4) is 0 Å². The lowest BCUT2D eigenvalue weighted by molar-refractivity contribution is 0.0497. The van der Waals surface area contributed by atoms with Gasteiger partial charge in [-0.25, -0.2) is 31.9 Å². The molecular formula is C39H47N3O8S. The van der Waals surface area contributed by atoms with Gasteiger partial charge in [0.05, 0.1) is 37.2 Å². The van der Waals surface area contributed by atoms with E-state index in [1.165, 1.54) is 95.2 Å². The third kappa shape index (κ3) is 9.10. The number of rotatable bonds is 19. The summed E-state index contributed by atoms with van der Waals surface area (Å²) in [7, 11) is -2.81. The Morgan fingerprint density at radius 3 is 2.14 bits per heavy atom. The predicted molar refractivity (Wildman–Crippen MR) is 196 cm³/mol. The normalized spacial score (nSPS) is 13.5. The van der Waals surface area contributed by atoms with E-state index in [9.17, 15) is 23.1 Å². The maximum Gasteiger partial charge on any atom is 0.427 e. The molecular weight excluding hydrogens is 671 g/mol. The number of fused-ring (bicyclic) bond motifs is 1. The lowest BCUT2D eigenvalue weighted by Crippen LogP contribution is -2.39. The Bertz CT molecular complexity index is 1970. The average Bonchev–Trinajstić information content (AvgIpc) is 3.44. The zero-order chi connectivity index (χ0) is 36.2. The van der Waals surface area contributed by atoms with Crippen molar-refractivity contribution in [3.05, 3.63) is 100 Å². The number of amidine groups is 1. The molecule has 0 radical (unpaired) electrons. The number of aliphatic imine (C=N–C) groups is 1. The first-order valence-corrected chi connectivity index (χ1v) is 19.2. The fourth-order valence-corrected chi connectivity index (χ4v) is 7.69. The van der Waals surface area contributed by atoms with Crippen molar-refractivity contribution in [2.45, 2.75) is 95.4 Å². The minimum Gasteiger partial charge on any atom is -0.495 e. The third-order valence-corrected chi connectivity index (χ3v) is 10.7. The highest BCUT2D eigenvalue weighted by Crippen LogP contribution is 2.37. The van der Waals surface area contributed by atoms with E-state index in [2.05, 4.69) is 11.9 Å². The highest BCUT2D eigenvalue weighted by atomic mass is 32.2. The van der Waals surface area contributed by atoms with Gasteiger partial charge in [0.2, 0.25) is 11.6 Å². The van der Waals surface area contributed by atoms with Gasteiger partial charge in [0, 0.05) is 0 Å². The zero-order valence-corrected chi connectivity index (χ0v) is 30.2. The molecule has 0 unspecified atom stereocenters. The third-order valence-electron chi connectivity index (χ3n) is 8.94. The number of ether oxygens (including phenoxy) is 2. The Balaban J connectivity index is 1.29. The highest BCUT2D eigenvalue weighted by Gasteiger charge is 2.39. The largest absolute Gasteiger partial charge is 0.495 e. The van der Waals surface area contributed by atoms with E-state index in [-0.39, 0.29) is 46.6 Å². The second kappa shape index (κ2) is 17.9. The number of hydrogen-bond donors (Lipinski definition) is 1. The first-order valence-electron chi connectivity index (χ1n) is 17.8. The molecule has 272 valence electrons. The average molecular weight is 718 g/mol. The Kier molecular flexibility index (Phi) is 13.1. The molecule has 12 heteroatoms. The molecule has 5 rings (SSSR count). The molecule has 1 aliphatic heterocycles. The topological polar surface area (TPSA) is 141 Å². The van der Waals surface area contributed by atoms with Crippen molar-refractivity contribution in [1.82, 2.24) is 8.87 Å². The van der Waals surface area contributed by atoms with Crippen LogP contribution < -0.4 is 10.5 Å². The summed E-state index contributed by atoms with van der Waals surface area (Å²) in [6, 6.07) is 19.4. The maximum atomic E-state index is 13.9. The van der Waals surface area contributed by atoms with Crippen molar-refractivity contribution in [2.75, 3.05) is 13.7 Å². The first kappa shape index (κ1) is 37.4. The molecule has 11 nitrogen and oxygen atoms in total. The van der Waals surface area contributed by atoms with Gasteiger partial charge in [-0.15, -0.1) is 0 Å². The Hall–Kier alpha value is -4.84. The van der Waals surface area contributed by atoms with E-state index >= 15 is 0 Å². The summed E-state index contributed by atoms with van der Waals surface area (Å²) in [5, 5.41) is 11.5. The second-order valence-electron chi connectivity index (χ2n) is 12.7. The van der Waals surface area contributed by atoms with Crippen molar-refractivity contribution in [1.29, 1.82) is 0 Å². The van der Waals surface area contributed by atoms with Crippen LogP contribution in [-0.4, -0.2) is 47.9 Å². The van der Waals surface area contributed by atoms with E-state index in [0.29, 0.717) is 5.56 Å². The van der Waals surface area contributed by atoms with Crippen LogP contribution in [0.25, 0.3) is 5.69 Å². The van der Waals surface area contributed by atoms with E-state index in [4.69, 9.17) is 13.9 Å². The molecule has 0 amide bonds. The standard InChI is InChI=1S/C39H47N3O8S/c1-3-4-5-6-7-8-9-10-11-12-13-19-26-49-38(44)30-24-25-33(48-2)32(27-30)42-37(43)35(50-39(42)45)36-40-31-22-17-18-23-34(31)51(46,47)41(36)28-29-20-15-14-16-21-29/h14-18,20-25,27,43H,3-13,19,26,28H2,1-2H3. The fraction of sp³-hybridized carbons (Fsp3) is 0.410. The van der Waals surface area contributed by atoms with Gasteiger partial charge in [0.1, 0.15) is 10.6 Å². The number of oxazole rings is 1. The molecule has 0 fully saturated rings. The quantitative estimate of drug-likeness (QED) is 0.0755. The van der Waals surface area contributed by atoms with Gasteiger partial charge in [-0.2, -0.15) is 0 Å². The van der Waals surface area contributed by atoms with E-state index in [1.54, 1.807) is 42.5 Å². The summed E-state index contributed by atoms with van der Waals surface area (Å²) >= 11 is 0. The van der Waals surface area contributed by atoms with Gasteiger partial charge >= 0.3 is 11.7 Å². The zero-order valence-electron chi connectivity index (χ0n) is 29.4. The smallest absolute Gasteiger partial charge is 0.427 e. The highest BCUT2D eigenvalue weighted by molar-refractivity contribution is 7.90. The lowest BCUT2D eigenvalue weighted by Gasteiger charge is -2.28. The van der Waals surface area contributed by atoms with Crippen molar-refractivity contribution >= 4 is 27.5 Å². The number of esters is 1. The SMILES string of the molecule is CCCCCCCCCCCCCCOC(=O)c1ccc(OC)c(-n2c(O)c(C3=Nc4ccccc4S(=O)(=O)N3Cc3ccccc3)oc2=O)c1. The fourth-order valence-electron chi connectivity index (χ4n) is 6.15. The van der Waals surface area contributed by atoms with Gasteiger partial charge in [-0.05, 0) is 42.3 Å². The molecule has 3 aromatic carbocycles. The van der Waals surface area contributed by atoms with Crippen LogP contribution in [0.2, 0.25) is 0 Å². The molecule has 0 aliphatic carbocycles. The Morgan fingerprint density at radius 2 is 1.47 bits per heavy atom. The van der Waals surface area contributed by atoms with Crippen LogP contribution in [-0.2, 0) is 21.3 Å². The van der Waals surface area contributed by atoms with Crippen LogP contribution in [0.15, 0.2) is 91.9 Å². The number of unbranched alkanes of at least 4 members (excludes halogenated alkanes) is 11. The maximum absolute atomic E-state index is 13.9. The molecule has 0 saturated heterocycles. The van der Waals surface area contributed by atoms with E-state index in [1.807, 2.05) is 0 Å². The van der Waals surface area contributed by atoms with E-state index < -0.39 is 33.4 Å². The number of nitrogens with zero attached hydrogens (tertiary/aromatic N) is 3. The summed E-state index contributed by atoms with van der Waals surface area (Å²) in [4.78, 5) is 30.9. The molecule has 4 aromatic rings. The molecule has 1 aliphatic rings. The molecule has 51 heavy (non-hydrogen) atoms. The number of sulfonamides is 1. The van der Waals surface area contributed by atoms with Crippen molar-refractivity contribution in [3.63, 3.8) is 0 Å². The summed E-state index contributed by atoms with van der Waals surface area (Å²) < 4.78 is 46.1. The van der Waals surface area contributed by atoms with Crippen LogP contribution in [0.4, 0.5) is 5.69 Å². The van der Waals surface area contributed by atoms with Crippen LogP contribution >= 0.6 is 0 Å². The molecule has 0 atom stereocenters. The number of para-hydroxylation sites is 1. The Labute approximate surface area is 299 Å². The van der Waals surface area contributed by atoms with Gasteiger partial charge in [0.15, 0.2) is 5.84 Å². The van der Waals surface area contributed by atoms with Crippen molar-refractivity contribution in [3.8, 4) is 17.3 Å². The van der Waals surface area contributed by atoms with E-state index in [0.717, 1.165) is 28.1 Å². The number of aromatic hydroxyl groups is 1. The molecule has 0 saturated carbocycles. The molecule has 0 bridgehead atoms. The molecule has 1 aromatic heterocycles. The summed E-state index contributed by atoms with van der Waals surface area (Å²) in [6.45, 7) is 2.34. The minimum absolute atomic E-state index is 0.00379. The summed E-state index contributed by atoms with van der Waals surface area (Å²) in [5.74, 6) is -2.93. The first-order chi connectivity index (χ1) is 24.8. The number of carbonyl (C=O) groups is 1. The minimum atomic E-state index is -4.18. The van der Waals surface area contributed by atoms with Gasteiger partial charge in [-0.1, -0.05) is 120 Å². The van der Waals surface area contributed by atoms with Crippen LogP contribution in [0.1, 0.15) is 106 Å². The van der Waals surface area contributed by atoms with Gasteiger partial charge < -0.3 is 19.0 Å². The van der Waals surface area contributed by atoms with Crippen LogP contribution in [0, 0.1) is 0 Å². The van der Waals surface area contributed by atoms with Crippen molar-refractivity contribution < 1.29 is 32.2 Å². The van der Waals surface area contributed by atoms with Crippen LogP contribution in [0.5, 0.6) is 11.6 Å². The number of aromatic nitrogens is 1. The lowest BCUT2D eigenvalue weighted by atomic mass is 10.1. The molecule has 1 N–H and O–H groups in total. The number of methoxy groups -OCH3 is 1. The monoisotopic (exact) mass is 717 g/mol.